The topological polar surface area (TPSA) is 52.7 Å². The second-order valence-corrected chi connectivity index (χ2v) is 10.4. The lowest BCUT2D eigenvalue weighted by Crippen LogP contribution is -2.48. The first-order valence-corrected chi connectivity index (χ1v) is 12.9. The molecule has 2 unspecified atom stereocenters. The normalized spacial score (nSPS) is 21.6. The molecule has 1 N–H and O–H groups in total. The SMILES string of the molecule is CC(C)CN1C(=O)c2ccccc2C(C(=O)NCCCN2CCCCC2)C1c1cccs1. The molecular weight excluding hydrogens is 418 g/mol. The number of carbonyl (C=O) groups excluding carboxylic acids is 2. The van der Waals surface area contributed by atoms with Crippen LogP contribution in [0.25, 0.3) is 0 Å². The number of nitrogens with one attached hydrogen (secondary N) is 1. The highest BCUT2D eigenvalue weighted by atomic mass is 32.1. The Bertz CT molecular complexity index is 906. The van der Waals surface area contributed by atoms with Crippen LogP contribution < -0.4 is 5.32 Å². The molecule has 6 heteroatoms. The van der Waals surface area contributed by atoms with Crippen LogP contribution in [0.1, 0.15) is 72.3 Å². The van der Waals surface area contributed by atoms with Crippen molar-refractivity contribution < 1.29 is 9.59 Å². The number of hydrogen-bond acceptors (Lipinski definition) is 4. The van der Waals surface area contributed by atoms with Gasteiger partial charge in [-0.3, -0.25) is 9.59 Å². The predicted octanol–water partition coefficient (Wildman–Crippen LogP) is 4.68. The summed E-state index contributed by atoms with van der Waals surface area (Å²) in [7, 11) is 0. The van der Waals surface area contributed by atoms with Crippen molar-refractivity contribution in [3.05, 3.63) is 57.8 Å². The molecule has 1 aromatic heterocycles. The van der Waals surface area contributed by atoms with E-state index in [9.17, 15) is 9.59 Å². The maximum absolute atomic E-state index is 13.6. The Morgan fingerprint density at radius 1 is 1.12 bits per heavy atom. The van der Waals surface area contributed by atoms with Gasteiger partial charge in [0.2, 0.25) is 5.91 Å². The summed E-state index contributed by atoms with van der Waals surface area (Å²) in [5, 5.41) is 5.24. The van der Waals surface area contributed by atoms with Gasteiger partial charge >= 0.3 is 0 Å². The van der Waals surface area contributed by atoms with Crippen LogP contribution in [-0.4, -0.2) is 54.3 Å². The number of likely N-dealkylation sites (tertiary alicyclic amines) is 1. The zero-order chi connectivity index (χ0) is 22.5. The molecule has 0 bridgehead atoms. The molecule has 0 radical (unpaired) electrons. The smallest absolute Gasteiger partial charge is 0.254 e. The van der Waals surface area contributed by atoms with Crippen molar-refractivity contribution >= 4 is 23.2 Å². The minimum atomic E-state index is -0.392. The van der Waals surface area contributed by atoms with E-state index in [-0.39, 0.29) is 17.9 Å². The van der Waals surface area contributed by atoms with Crippen molar-refractivity contribution in [1.82, 2.24) is 15.1 Å². The van der Waals surface area contributed by atoms with Crippen LogP contribution >= 0.6 is 11.3 Å². The number of amides is 2. The Morgan fingerprint density at radius 2 is 1.91 bits per heavy atom. The van der Waals surface area contributed by atoms with Gasteiger partial charge in [-0.25, -0.2) is 0 Å². The molecule has 172 valence electrons. The first-order valence-electron chi connectivity index (χ1n) is 12.0. The number of thiophene rings is 1. The molecule has 2 atom stereocenters. The third-order valence-electron chi connectivity index (χ3n) is 6.52. The lowest BCUT2D eigenvalue weighted by atomic mass is 9.81. The van der Waals surface area contributed by atoms with Crippen LogP contribution in [0.5, 0.6) is 0 Å². The summed E-state index contributed by atoms with van der Waals surface area (Å²) < 4.78 is 0. The van der Waals surface area contributed by atoms with Crippen molar-refractivity contribution in [2.45, 2.75) is 51.5 Å². The molecule has 0 aliphatic carbocycles. The lowest BCUT2D eigenvalue weighted by molar-refractivity contribution is -0.124. The molecule has 2 amide bonds. The van der Waals surface area contributed by atoms with E-state index in [1.807, 2.05) is 40.6 Å². The fourth-order valence-electron chi connectivity index (χ4n) is 5.05. The van der Waals surface area contributed by atoms with E-state index in [1.165, 1.54) is 32.4 Å². The molecular formula is C26H35N3O2S. The van der Waals surface area contributed by atoms with E-state index in [0.29, 0.717) is 24.6 Å². The molecule has 5 nitrogen and oxygen atoms in total. The Hall–Kier alpha value is -2.18. The molecule has 3 heterocycles. The number of benzene rings is 1. The molecule has 1 fully saturated rings. The molecule has 2 aliphatic heterocycles. The third kappa shape index (κ3) is 5.07. The highest BCUT2D eigenvalue weighted by molar-refractivity contribution is 7.10. The molecule has 32 heavy (non-hydrogen) atoms. The fourth-order valence-corrected chi connectivity index (χ4v) is 5.93. The minimum Gasteiger partial charge on any atom is -0.355 e. The lowest BCUT2D eigenvalue weighted by Gasteiger charge is -2.42. The summed E-state index contributed by atoms with van der Waals surface area (Å²) in [6.07, 6.45) is 4.86. The van der Waals surface area contributed by atoms with E-state index < -0.39 is 5.92 Å². The molecule has 1 saturated heterocycles. The van der Waals surface area contributed by atoms with Crippen LogP contribution in [-0.2, 0) is 4.79 Å². The van der Waals surface area contributed by atoms with Crippen molar-refractivity contribution in [3.63, 3.8) is 0 Å². The van der Waals surface area contributed by atoms with Crippen LogP contribution in [0.15, 0.2) is 41.8 Å². The fraction of sp³-hybridized carbons (Fsp3) is 0.538. The van der Waals surface area contributed by atoms with E-state index in [1.54, 1.807) is 11.3 Å². The van der Waals surface area contributed by atoms with E-state index >= 15 is 0 Å². The van der Waals surface area contributed by atoms with Gasteiger partial charge < -0.3 is 15.1 Å². The average molecular weight is 454 g/mol. The van der Waals surface area contributed by atoms with Crippen molar-refractivity contribution in [2.75, 3.05) is 32.7 Å². The number of nitrogens with zero attached hydrogens (tertiary/aromatic N) is 2. The summed E-state index contributed by atoms with van der Waals surface area (Å²) in [6.45, 7) is 8.93. The Labute approximate surface area is 195 Å². The zero-order valence-electron chi connectivity index (χ0n) is 19.3. The van der Waals surface area contributed by atoms with Gasteiger partial charge in [-0.05, 0) is 67.9 Å². The van der Waals surface area contributed by atoms with Gasteiger partial charge in [0.05, 0.1) is 12.0 Å². The second-order valence-electron chi connectivity index (χ2n) is 9.42. The van der Waals surface area contributed by atoms with E-state index in [2.05, 4.69) is 30.1 Å². The molecule has 1 aromatic carbocycles. The minimum absolute atomic E-state index is 0.0238. The van der Waals surface area contributed by atoms with Crippen LogP contribution in [0.4, 0.5) is 0 Å². The maximum atomic E-state index is 13.6. The van der Waals surface area contributed by atoms with Gasteiger partial charge in [0.1, 0.15) is 0 Å². The van der Waals surface area contributed by atoms with Gasteiger partial charge in [-0.15, -0.1) is 11.3 Å². The predicted molar refractivity (Wildman–Crippen MR) is 130 cm³/mol. The quantitative estimate of drug-likeness (QED) is 0.591. The highest BCUT2D eigenvalue weighted by Crippen LogP contribution is 2.44. The highest BCUT2D eigenvalue weighted by Gasteiger charge is 2.44. The maximum Gasteiger partial charge on any atom is 0.254 e. The third-order valence-corrected chi connectivity index (χ3v) is 7.46. The van der Waals surface area contributed by atoms with Crippen molar-refractivity contribution in [2.24, 2.45) is 5.92 Å². The summed E-state index contributed by atoms with van der Waals surface area (Å²) in [4.78, 5) is 32.6. The molecule has 0 saturated carbocycles. The van der Waals surface area contributed by atoms with Gasteiger partial charge in [0.25, 0.3) is 5.91 Å². The number of hydrogen-bond donors (Lipinski definition) is 1. The van der Waals surface area contributed by atoms with Crippen LogP contribution in [0.2, 0.25) is 0 Å². The first-order chi connectivity index (χ1) is 15.6. The standard InChI is InChI=1S/C26H35N3O2S/c1-19(2)18-29-24(22-12-8-17-32-22)23(20-10-4-5-11-21(20)26(29)31)25(30)27-13-9-16-28-14-6-3-7-15-28/h4-5,8,10-12,17,19,23-24H,3,6-7,9,13-16,18H2,1-2H3,(H,27,30). The first kappa shape index (κ1) is 23.0. The van der Waals surface area contributed by atoms with Gasteiger partial charge in [0, 0.05) is 23.5 Å². The summed E-state index contributed by atoms with van der Waals surface area (Å²) in [6, 6.07) is 11.5. The Morgan fingerprint density at radius 3 is 2.62 bits per heavy atom. The number of rotatable bonds is 8. The zero-order valence-corrected chi connectivity index (χ0v) is 20.1. The van der Waals surface area contributed by atoms with Crippen LogP contribution in [0, 0.1) is 5.92 Å². The summed E-state index contributed by atoms with van der Waals surface area (Å²) >= 11 is 1.62. The van der Waals surface area contributed by atoms with Gasteiger partial charge in [-0.2, -0.15) is 0 Å². The Balaban J connectivity index is 1.55. The molecule has 4 rings (SSSR count). The van der Waals surface area contributed by atoms with Gasteiger partial charge in [0.15, 0.2) is 0 Å². The Kier molecular flexibility index (Phi) is 7.63. The summed E-state index contributed by atoms with van der Waals surface area (Å²) in [5.41, 5.74) is 1.51. The van der Waals surface area contributed by atoms with Crippen molar-refractivity contribution in [3.8, 4) is 0 Å². The monoisotopic (exact) mass is 453 g/mol. The van der Waals surface area contributed by atoms with Crippen molar-refractivity contribution in [1.29, 1.82) is 0 Å². The van der Waals surface area contributed by atoms with Crippen LogP contribution in [0.3, 0.4) is 0 Å². The molecule has 2 aromatic rings. The number of fused-ring (bicyclic) bond motifs is 1. The van der Waals surface area contributed by atoms with E-state index in [0.717, 1.165) is 23.4 Å². The molecule has 2 aliphatic rings. The largest absolute Gasteiger partial charge is 0.355 e. The second kappa shape index (κ2) is 10.6. The number of carbonyl (C=O) groups is 2. The average Bonchev–Trinajstić information content (AvgIpc) is 3.33. The van der Waals surface area contributed by atoms with Gasteiger partial charge in [-0.1, -0.05) is 44.5 Å². The number of piperidine rings is 1. The molecule has 0 spiro atoms. The van der Waals surface area contributed by atoms with E-state index in [4.69, 9.17) is 0 Å². The summed E-state index contributed by atoms with van der Waals surface area (Å²) in [5.74, 6) is -0.0196.